The highest BCUT2D eigenvalue weighted by Gasteiger charge is 2.28. The van der Waals surface area contributed by atoms with Crippen LogP contribution >= 0.6 is 11.8 Å². The summed E-state index contributed by atoms with van der Waals surface area (Å²) in [5, 5.41) is 3.44. The number of nitrogens with one attached hydrogen (secondary N) is 1. The first kappa shape index (κ1) is 20.6. The van der Waals surface area contributed by atoms with Crippen LogP contribution in [0.15, 0.2) is 35.3 Å². The van der Waals surface area contributed by atoms with Crippen molar-refractivity contribution in [2.45, 2.75) is 19.3 Å². The van der Waals surface area contributed by atoms with Gasteiger partial charge in [0.25, 0.3) is 0 Å². The molecule has 2 rings (SSSR count). The molecule has 1 aliphatic rings. The van der Waals surface area contributed by atoms with Crippen molar-refractivity contribution in [2.75, 3.05) is 52.3 Å². The first-order valence-corrected chi connectivity index (χ1v) is 10.7. The van der Waals surface area contributed by atoms with Gasteiger partial charge in [-0.05, 0) is 30.1 Å². The van der Waals surface area contributed by atoms with E-state index in [-0.39, 0.29) is 12.5 Å². The van der Waals surface area contributed by atoms with Crippen molar-refractivity contribution >= 4 is 23.6 Å². The molecule has 0 aliphatic carbocycles. The molecule has 0 spiro atoms. The molecule has 1 aliphatic heterocycles. The van der Waals surface area contributed by atoms with Gasteiger partial charge in [-0.15, -0.1) is 0 Å². The van der Waals surface area contributed by atoms with E-state index in [2.05, 4.69) is 58.7 Å². The first-order chi connectivity index (χ1) is 12.5. The van der Waals surface area contributed by atoms with E-state index in [0.717, 1.165) is 37.8 Å². The number of thioether (sulfide) groups is 1. The van der Waals surface area contributed by atoms with Gasteiger partial charge in [-0.25, -0.2) is 4.99 Å². The van der Waals surface area contributed by atoms with Crippen LogP contribution in [0.5, 0.6) is 0 Å². The lowest BCUT2D eigenvalue weighted by Gasteiger charge is -2.39. The number of likely N-dealkylation sites (tertiary alicyclic amines) is 1. The Morgan fingerprint density at radius 1 is 1.35 bits per heavy atom. The van der Waals surface area contributed by atoms with E-state index in [1.807, 2.05) is 0 Å². The molecule has 6 heteroatoms. The third-order valence-electron chi connectivity index (χ3n) is 4.88. The van der Waals surface area contributed by atoms with Crippen molar-refractivity contribution in [1.82, 2.24) is 15.1 Å². The summed E-state index contributed by atoms with van der Waals surface area (Å²) in [6.07, 6.45) is 3.21. The highest BCUT2D eigenvalue weighted by molar-refractivity contribution is 7.98. The van der Waals surface area contributed by atoms with Crippen LogP contribution in [0.25, 0.3) is 0 Å². The third kappa shape index (κ3) is 5.94. The number of aliphatic imine (C=N–C) groups is 1. The van der Waals surface area contributed by atoms with Gasteiger partial charge in [0.2, 0.25) is 5.91 Å². The van der Waals surface area contributed by atoms with Crippen LogP contribution in [0.2, 0.25) is 0 Å². The summed E-state index contributed by atoms with van der Waals surface area (Å²) < 4.78 is 0. The van der Waals surface area contributed by atoms with Gasteiger partial charge >= 0.3 is 0 Å². The summed E-state index contributed by atoms with van der Waals surface area (Å²) in [5.74, 6) is 3.05. The number of carbonyl (C=O) groups is 1. The van der Waals surface area contributed by atoms with Gasteiger partial charge in [0.05, 0.1) is 0 Å². The number of carbonyl (C=O) groups excluding carboxylic acids is 1. The van der Waals surface area contributed by atoms with Crippen molar-refractivity contribution < 1.29 is 4.79 Å². The molecule has 0 aromatic heterocycles. The van der Waals surface area contributed by atoms with Crippen molar-refractivity contribution in [3.8, 4) is 0 Å². The number of amides is 1. The maximum atomic E-state index is 11.9. The van der Waals surface area contributed by atoms with Gasteiger partial charge < -0.3 is 15.1 Å². The smallest absolute Gasteiger partial charge is 0.243 e. The van der Waals surface area contributed by atoms with Gasteiger partial charge in [0, 0.05) is 39.5 Å². The van der Waals surface area contributed by atoms with Crippen LogP contribution in [-0.2, 0) is 4.79 Å². The molecule has 26 heavy (non-hydrogen) atoms. The standard InChI is InChI=1S/C20H32N4OS/c1-16-15-24(12-10-18(16)17-8-6-5-7-9-17)20(21-11-13-26-4)22-14-19(25)23(2)3/h5-9,16,18H,10-15H2,1-4H3,(H,21,22). The SMILES string of the molecule is CSCCNC(=NCC(=O)N(C)C)N1CCC(c2ccccc2)C(C)C1. The molecule has 2 atom stereocenters. The minimum absolute atomic E-state index is 0.0291. The maximum Gasteiger partial charge on any atom is 0.243 e. The van der Waals surface area contributed by atoms with Crippen LogP contribution in [0.4, 0.5) is 0 Å². The molecule has 1 aromatic carbocycles. The Hall–Kier alpha value is -1.69. The van der Waals surface area contributed by atoms with Gasteiger partial charge in [-0.3, -0.25) is 4.79 Å². The average molecular weight is 377 g/mol. The van der Waals surface area contributed by atoms with Crippen LogP contribution in [0.1, 0.15) is 24.8 Å². The molecule has 1 heterocycles. The summed E-state index contributed by atoms with van der Waals surface area (Å²) in [7, 11) is 3.54. The summed E-state index contributed by atoms with van der Waals surface area (Å²) in [6, 6.07) is 10.8. The molecule has 1 saturated heterocycles. The fourth-order valence-electron chi connectivity index (χ4n) is 3.35. The van der Waals surface area contributed by atoms with Crippen molar-refractivity contribution in [3.63, 3.8) is 0 Å². The average Bonchev–Trinajstić information content (AvgIpc) is 2.64. The Morgan fingerprint density at radius 2 is 2.08 bits per heavy atom. The Balaban J connectivity index is 2.03. The second kappa shape index (κ2) is 10.5. The zero-order valence-corrected chi connectivity index (χ0v) is 17.3. The van der Waals surface area contributed by atoms with Gasteiger partial charge in [0.15, 0.2) is 5.96 Å². The predicted molar refractivity (Wildman–Crippen MR) is 112 cm³/mol. The van der Waals surface area contributed by atoms with Gasteiger partial charge in [0.1, 0.15) is 6.54 Å². The van der Waals surface area contributed by atoms with Crippen LogP contribution in [-0.4, -0.2) is 73.9 Å². The van der Waals surface area contributed by atoms with Crippen molar-refractivity contribution in [2.24, 2.45) is 10.9 Å². The van der Waals surface area contributed by atoms with Crippen molar-refractivity contribution in [1.29, 1.82) is 0 Å². The number of hydrogen-bond donors (Lipinski definition) is 1. The van der Waals surface area contributed by atoms with E-state index in [1.165, 1.54) is 5.56 Å². The fraction of sp³-hybridized carbons (Fsp3) is 0.600. The molecule has 1 amide bonds. The second-order valence-electron chi connectivity index (χ2n) is 7.08. The van der Waals surface area contributed by atoms with Crippen LogP contribution < -0.4 is 5.32 Å². The number of hydrogen-bond acceptors (Lipinski definition) is 3. The van der Waals surface area contributed by atoms with E-state index in [9.17, 15) is 4.79 Å². The Labute approximate surface area is 162 Å². The van der Waals surface area contributed by atoms with Crippen LogP contribution in [0.3, 0.4) is 0 Å². The minimum atomic E-state index is 0.0291. The summed E-state index contributed by atoms with van der Waals surface area (Å²) >= 11 is 1.81. The quantitative estimate of drug-likeness (QED) is 0.471. The minimum Gasteiger partial charge on any atom is -0.355 e. The number of piperidine rings is 1. The third-order valence-corrected chi connectivity index (χ3v) is 5.50. The highest BCUT2D eigenvalue weighted by Crippen LogP contribution is 2.32. The normalized spacial score (nSPS) is 20.8. The zero-order chi connectivity index (χ0) is 18.9. The number of rotatable bonds is 6. The molecule has 1 aromatic rings. The molecule has 0 bridgehead atoms. The number of nitrogens with zero attached hydrogens (tertiary/aromatic N) is 3. The Kier molecular flexibility index (Phi) is 8.29. The number of guanidine groups is 1. The Morgan fingerprint density at radius 3 is 2.69 bits per heavy atom. The lowest BCUT2D eigenvalue weighted by Crippen LogP contribution is -2.48. The summed E-state index contributed by atoms with van der Waals surface area (Å²) in [4.78, 5) is 20.4. The predicted octanol–water partition coefficient (Wildman–Crippen LogP) is 2.51. The molecule has 1 fully saturated rings. The van der Waals surface area contributed by atoms with Crippen molar-refractivity contribution in [3.05, 3.63) is 35.9 Å². The van der Waals surface area contributed by atoms with Gasteiger partial charge in [-0.1, -0.05) is 37.3 Å². The molecular formula is C20H32N4OS. The van der Waals surface area contributed by atoms with E-state index in [0.29, 0.717) is 11.8 Å². The Bertz CT molecular complexity index is 591. The lowest BCUT2D eigenvalue weighted by atomic mass is 9.82. The van der Waals surface area contributed by atoms with E-state index < -0.39 is 0 Å². The van der Waals surface area contributed by atoms with E-state index in [1.54, 1.807) is 30.8 Å². The fourth-order valence-corrected chi connectivity index (χ4v) is 3.66. The van der Waals surface area contributed by atoms with Crippen LogP contribution in [0, 0.1) is 5.92 Å². The maximum absolute atomic E-state index is 11.9. The topological polar surface area (TPSA) is 47.9 Å². The number of likely N-dealkylation sites (N-methyl/N-ethyl adjacent to an activating group) is 1. The lowest BCUT2D eigenvalue weighted by molar-refractivity contribution is -0.127. The molecule has 1 N–H and O–H groups in total. The molecular weight excluding hydrogens is 344 g/mol. The largest absolute Gasteiger partial charge is 0.355 e. The van der Waals surface area contributed by atoms with Gasteiger partial charge in [-0.2, -0.15) is 11.8 Å². The first-order valence-electron chi connectivity index (χ1n) is 9.30. The number of benzene rings is 1. The molecule has 0 saturated carbocycles. The zero-order valence-electron chi connectivity index (χ0n) is 16.4. The molecule has 144 valence electrons. The highest BCUT2D eigenvalue weighted by atomic mass is 32.2. The monoisotopic (exact) mass is 376 g/mol. The molecule has 0 radical (unpaired) electrons. The van der Waals surface area contributed by atoms with E-state index >= 15 is 0 Å². The molecule has 5 nitrogen and oxygen atoms in total. The summed E-state index contributed by atoms with van der Waals surface area (Å²) in [5.41, 5.74) is 1.43. The molecule has 2 unspecified atom stereocenters. The second-order valence-corrected chi connectivity index (χ2v) is 8.06. The van der Waals surface area contributed by atoms with E-state index in [4.69, 9.17) is 0 Å². The summed E-state index contributed by atoms with van der Waals surface area (Å²) in [6.45, 7) is 5.30.